The van der Waals surface area contributed by atoms with E-state index in [1.54, 1.807) is 11.3 Å². The van der Waals surface area contributed by atoms with Crippen LogP contribution in [0.2, 0.25) is 0 Å². The van der Waals surface area contributed by atoms with Crippen LogP contribution in [-0.4, -0.2) is 4.98 Å². The van der Waals surface area contributed by atoms with Crippen molar-refractivity contribution in [2.45, 2.75) is 0 Å². The minimum absolute atomic E-state index is 0.628. The van der Waals surface area contributed by atoms with Crippen LogP contribution in [0.5, 0.6) is 0 Å². The number of nitrogens with zero attached hydrogens (tertiary/aromatic N) is 2. The van der Waals surface area contributed by atoms with Crippen LogP contribution in [0.3, 0.4) is 0 Å². The summed E-state index contributed by atoms with van der Waals surface area (Å²) in [6.45, 7) is 0. The summed E-state index contributed by atoms with van der Waals surface area (Å²) in [6.07, 6.45) is 0. The second-order valence-corrected chi connectivity index (χ2v) is 14.6. The van der Waals surface area contributed by atoms with Crippen molar-refractivity contribution < 1.29 is 8.83 Å². The molecule has 11 aromatic rings. The maximum Gasteiger partial charge on any atom is 0.227 e. The van der Waals surface area contributed by atoms with Crippen LogP contribution < -0.4 is 4.90 Å². The van der Waals surface area contributed by atoms with E-state index in [0.717, 1.165) is 72.2 Å². The average Bonchev–Trinajstić information content (AvgIpc) is 3.96. The third-order valence-corrected chi connectivity index (χ3v) is 11.5. The van der Waals surface area contributed by atoms with Crippen LogP contribution in [0.1, 0.15) is 0 Å². The molecule has 0 aliphatic heterocycles. The fourth-order valence-electron chi connectivity index (χ4n) is 7.75. The molecule has 0 spiro atoms. The quantitative estimate of drug-likeness (QED) is 0.172. The molecule has 8 aromatic carbocycles. The Hall–Kier alpha value is -6.95. The number of hydrogen-bond acceptors (Lipinski definition) is 5. The number of anilines is 3. The molecule has 0 fully saturated rings. The lowest BCUT2D eigenvalue weighted by Crippen LogP contribution is -2.10. The zero-order valence-corrected chi connectivity index (χ0v) is 29.8. The van der Waals surface area contributed by atoms with Crippen molar-refractivity contribution in [2.24, 2.45) is 0 Å². The van der Waals surface area contributed by atoms with Gasteiger partial charge in [0.05, 0.1) is 5.69 Å². The second kappa shape index (κ2) is 12.3. The monoisotopic (exact) mass is 710 g/mol. The van der Waals surface area contributed by atoms with Gasteiger partial charge in [0.25, 0.3) is 0 Å². The molecule has 0 amide bonds. The molecular weight excluding hydrogens is 681 g/mol. The first-order valence-electron chi connectivity index (χ1n) is 18.0. The Kier molecular flexibility index (Phi) is 7.00. The normalized spacial score (nSPS) is 11.7. The van der Waals surface area contributed by atoms with Gasteiger partial charge in [-0.2, -0.15) is 0 Å². The van der Waals surface area contributed by atoms with Crippen LogP contribution in [0, 0.1) is 0 Å². The van der Waals surface area contributed by atoms with E-state index in [1.165, 1.54) is 25.9 Å². The molecule has 0 saturated heterocycles. The van der Waals surface area contributed by atoms with E-state index < -0.39 is 0 Å². The van der Waals surface area contributed by atoms with Crippen molar-refractivity contribution in [1.29, 1.82) is 0 Å². The smallest absolute Gasteiger partial charge is 0.227 e. The highest BCUT2D eigenvalue weighted by molar-refractivity contribution is 7.26. The van der Waals surface area contributed by atoms with E-state index in [0.29, 0.717) is 5.89 Å². The summed E-state index contributed by atoms with van der Waals surface area (Å²) in [5.74, 6) is 0.628. The molecule has 3 heterocycles. The molecule has 0 N–H and O–H groups in total. The zero-order valence-electron chi connectivity index (χ0n) is 28.9. The molecule has 0 aliphatic carbocycles. The fraction of sp³-hybridized carbons (Fsp3) is 0. The van der Waals surface area contributed by atoms with Crippen molar-refractivity contribution >= 4 is 81.6 Å². The van der Waals surface area contributed by atoms with Gasteiger partial charge in [0.2, 0.25) is 5.89 Å². The minimum Gasteiger partial charge on any atom is -0.454 e. The van der Waals surface area contributed by atoms with Gasteiger partial charge in [-0.25, -0.2) is 4.98 Å². The first kappa shape index (κ1) is 30.7. The predicted molar refractivity (Wildman–Crippen MR) is 225 cm³/mol. The molecule has 254 valence electrons. The van der Waals surface area contributed by atoms with Crippen molar-refractivity contribution in [3.63, 3.8) is 0 Å². The summed E-state index contributed by atoms with van der Waals surface area (Å²) in [5.41, 5.74) is 12.0. The Morgan fingerprint density at radius 3 is 1.83 bits per heavy atom. The Morgan fingerprint density at radius 2 is 1.07 bits per heavy atom. The van der Waals surface area contributed by atoms with Gasteiger partial charge in [-0.15, -0.1) is 11.3 Å². The lowest BCUT2D eigenvalue weighted by Gasteiger charge is -2.26. The third kappa shape index (κ3) is 4.94. The average molecular weight is 711 g/mol. The number of fused-ring (bicyclic) bond motifs is 8. The van der Waals surface area contributed by atoms with Crippen LogP contribution >= 0.6 is 11.3 Å². The minimum atomic E-state index is 0.628. The first-order chi connectivity index (χ1) is 26.8. The molecule has 3 aromatic heterocycles. The largest absolute Gasteiger partial charge is 0.454 e. The number of furan rings is 1. The van der Waals surface area contributed by atoms with Gasteiger partial charge >= 0.3 is 0 Å². The van der Waals surface area contributed by atoms with Gasteiger partial charge in [0, 0.05) is 53.4 Å². The maximum absolute atomic E-state index is 6.59. The highest BCUT2D eigenvalue weighted by Gasteiger charge is 2.22. The molecule has 0 atom stereocenters. The molecular formula is C49H30N2O2S. The second-order valence-electron chi connectivity index (χ2n) is 13.5. The number of para-hydroxylation sites is 2. The van der Waals surface area contributed by atoms with E-state index in [2.05, 4.69) is 144 Å². The van der Waals surface area contributed by atoms with Crippen LogP contribution in [-0.2, 0) is 0 Å². The summed E-state index contributed by atoms with van der Waals surface area (Å²) in [7, 11) is 0. The summed E-state index contributed by atoms with van der Waals surface area (Å²) in [6, 6.07) is 63.7. The first-order valence-corrected chi connectivity index (χ1v) is 18.8. The Balaban J connectivity index is 1.08. The highest BCUT2D eigenvalue weighted by atomic mass is 32.1. The zero-order chi connectivity index (χ0) is 35.6. The highest BCUT2D eigenvalue weighted by Crippen LogP contribution is 2.47. The predicted octanol–water partition coefficient (Wildman–Crippen LogP) is 14.6. The van der Waals surface area contributed by atoms with E-state index in [9.17, 15) is 0 Å². The van der Waals surface area contributed by atoms with Crippen molar-refractivity contribution in [1.82, 2.24) is 4.98 Å². The molecule has 5 heteroatoms. The Labute approximate surface area is 314 Å². The molecule has 11 rings (SSSR count). The van der Waals surface area contributed by atoms with Gasteiger partial charge in [0.15, 0.2) is 11.2 Å². The summed E-state index contributed by atoms with van der Waals surface area (Å²) in [5, 5.41) is 4.52. The number of benzene rings is 8. The summed E-state index contributed by atoms with van der Waals surface area (Å²) >= 11 is 1.81. The molecule has 0 aliphatic rings. The van der Waals surface area contributed by atoms with Crippen molar-refractivity contribution in [3.8, 4) is 33.7 Å². The van der Waals surface area contributed by atoms with Crippen LogP contribution in [0.25, 0.3) is 86.9 Å². The molecule has 4 nitrogen and oxygen atoms in total. The van der Waals surface area contributed by atoms with Crippen molar-refractivity contribution in [2.75, 3.05) is 4.90 Å². The Bertz CT molecular complexity index is 3140. The number of hydrogen-bond donors (Lipinski definition) is 0. The SMILES string of the molecule is c1ccc(-c2ccc(N(c3ccc(-c4cc5oc(-c6ccccc6)nc5c5c4sc4ccccc45)cc3)c3cccc4c3oc3ccccc34)cc2)cc1. The fourth-order valence-corrected chi connectivity index (χ4v) is 9.00. The van der Waals surface area contributed by atoms with E-state index in [1.807, 2.05) is 42.5 Å². The number of rotatable bonds is 6. The lowest BCUT2D eigenvalue weighted by molar-refractivity contribution is 0.620. The maximum atomic E-state index is 6.59. The molecule has 0 unspecified atom stereocenters. The van der Waals surface area contributed by atoms with Crippen molar-refractivity contribution in [3.05, 3.63) is 182 Å². The topological polar surface area (TPSA) is 42.4 Å². The van der Waals surface area contributed by atoms with E-state index in [4.69, 9.17) is 13.8 Å². The van der Waals surface area contributed by atoms with Gasteiger partial charge in [-0.1, -0.05) is 121 Å². The number of thiophene rings is 1. The van der Waals surface area contributed by atoms with Crippen LogP contribution in [0.15, 0.2) is 191 Å². The molecule has 0 saturated carbocycles. The molecule has 54 heavy (non-hydrogen) atoms. The number of oxazole rings is 1. The van der Waals surface area contributed by atoms with E-state index >= 15 is 0 Å². The molecule has 0 radical (unpaired) electrons. The molecule has 0 bridgehead atoms. The Morgan fingerprint density at radius 1 is 0.463 bits per heavy atom. The van der Waals surface area contributed by atoms with Gasteiger partial charge < -0.3 is 13.7 Å². The van der Waals surface area contributed by atoms with Gasteiger partial charge in [-0.3, -0.25) is 0 Å². The summed E-state index contributed by atoms with van der Waals surface area (Å²) in [4.78, 5) is 7.36. The summed E-state index contributed by atoms with van der Waals surface area (Å²) < 4.78 is 15.5. The van der Waals surface area contributed by atoms with Crippen LogP contribution in [0.4, 0.5) is 17.1 Å². The lowest BCUT2D eigenvalue weighted by atomic mass is 10.0. The number of aromatic nitrogens is 1. The van der Waals surface area contributed by atoms with Gasteiger partial charge in [-0.05, 0) is 77.4 Å². The third-order valence-electron chi connectivity index (χ3n) is 10.3. The van der Waals surface area contributed by atoms with E-state index in [-0.39, 0.29) is 0 Å². The van der Waals surface area contributed by atoms with Gasteiger partial charge in [0.1, 0.15) is 11.1 Å². The standard InChI is InChI=1S/C49H30N2O2S/c1-3-12-31(13-4-1)32-22-26-35(27-23-32)51(41-19-11-18-38-37-16-7-9-20-42(37)52-47(38)41)36-28-24-33(25-29-36)40-30-43-46(50-49(53-43)34-14-5-2-6-15-34)45-39-17-8-10-21-44(39)54-48(40)45/h1-30H.